The number of carbonyl (C=O) groups excluding carboxylic acids is 3. The summed E-state index contributed by atoms with van der Waals surface area (Å²) in [6.45, 7) is 6.44. The number of esters is 3. The first kappa shape index (κ1) is 69.6. The Morgan fingerprint density at radius 3 is 0.849 bits per heavy atom. The maximum atomic E-state index is 12.9. The molecule has 6 heteroatoms. The molecular formula is C67H116O6. The quantitative estimate of drug-likeness (QED) is 0.0261. The lowest BCUT2D eigenvalue weighted by Gasteiger charge is -2.18. The van der Waals surface area contributed by atoms with E-state index in [1.54, 1.807) is 0 Å². The van der Waals surface area contributed by atoms with Crippen molar-refractivity contribution in [2.75, 3.05) is 13.2 Å². The molecule has 0 aliphatic rings. The lowest BCUT2D eigenvalue weighted by atomic mass is 10.1. The van der Waals surface area contributed by atoms with Gasteiger partial charge in [-0.3, -0.25) is 14.4 Å². The summed E-state index contributed by atoms with van der Waals surface area (Å²) in [4.78, 5) is 38.3. The Morgan fingerprint density at radius 2 is 0.534 bits per heavy atom. The van der Waals surface area contributed by atoms with Crippen LogP contribution in [0.25, 0.3) is 0 Å². The summed E-state index contributed by atoms with van der Waals surface area (Å²) in [5.41, 5.74) is 0. The van der Waals surface area contributed by atoms with Gasteiger partial charge in [-0.05, 0) is 109 Å². The van der Waals surface area contributed by atoms with Crippen LogP contribution in [0, 0.1) is 0 Å². The molecule has 0 N–H and O–H groups in total. The van der Waals surface area contributed by atoms with Gasteiger partial charge in [0.1, 0.15) is 13.2 Å². The molecular weight excluding hydrogens is 901 g/mol. The van der Waals surface area contributed by atoms with Gasteiger partial charge in [0.15, 0.2) is 6.10 Å². The maximum absolute atomic E-state index is 12.9. The van der Waals surface area contributed by atoms with Gasteiger partial charge in [0.25, 0.3) is 0 Å². The van der Waals surface area contributed by atoms with Gasteiger partial charge in [-0.1, -0.05) is 260 Å². The third kappa shape index (κ3) is 59.3. The molecule has 0 heterocycles. The zero-order valence-corrected chi connectivity index (χ0v) is 48.1. The normalized spacial score (nSPS) is 12.6. The van der Waals surface area contributed by atoms with Crippen molar-refractivity contribution >= 4 is 17.9 Å². The first-order valence-electron chi connectivity index (χ1n) is 31.1. The van der Waals surface area contributed by atoms with Gasteiger partial charge in [0.05, 0.1) is 0 Å². The highest BCUT2D eigenvalue weighted by atomic mass is 16.6. The minimum Gasteiger partial charge on any atom is -0.462 e. The highest BCUT2D eigenvalue weighted by Crippen LogP contribution is 2.16. The van der Waals surface area contributed by atoms with E-state index in [9.17, 15) is 14.4 Å². The molecule has 0 spiro atoms. The first-order chi connectivity index (χ1) is 36.0. The fourth-order valence-electron chi connectivity index (χ4n) is 8.76. The van der Waals surface area contributed by atoms with E-state index < -0.39 is 6.10 Å². The van der Waals surface area contributed by atoms with Gasteiger partial charge in [-0.25, -0.2) is 0 Å². The van der Waals surface area contributed by atoms with Crippen LogP contribution in [0.15, 0.2) is 85.1 Å². The lowest BCUT2D eigenvalue weighted by Crippen LogP contribution is -2.30. The molecule has 6 nitrogen and oxygen atoms in total. The SMILES string of the molecule is CC/C=C\C/C=C\C/C=C\CCCCCCCCCCCC(=O)OCC(COC(=O)CCCCCCCCC/C=C\CCCCCCCC)OC(=O)CCCCCCCCCCC/C=C\C/C=C\C/C=C\CC. The number of rotatable bonds is 56. The predicted octanol–water partition coefficient (Wildman–Crippen LogP) is 21.1. The highest BCUT2D eigenvalue weighted by molar-refractivity contribution is 5.71. The molecule has 0 fully saturated rings. The molecule has 0 saturated carbocycles. The molecule has 73 heavy (non-hydrogen) atoms. The van der Waals surface area contributed by atoms with Crippen LogP contribution in [0.3, 0.4) is 0 Å². The summed E-state index contributed by atoms with van der Waals surface area (Å²) in [5.74, 6) is -0.885. The summed E-state index contributed by atoms with van der Waals surface area (Å²) < 4.78 is 16.9. The Morgan fingerprint density at radius 1 is 0.288 bits per heavy atom. The average molecular weight is 1020 g/mol. The van der Waals surface area contributed by atoms with Gasteiger partial charge >= 0.3 is 17.9 Å². The van der Waals surface area contributed by atoms with Crippen molar-refractivity contribution < 1.29 is 28.6 Å². The van der Waals surface area contributed by atoms with E-state index in [4.69, 9.17) is 14.2 Å². The second-order valence-electron chi connectivity index (χ2n) is 20.5. The Labute approximate surface area is 452 Å². The molecule has 0 saturated heterocycles. The zero-order chi connectivity index (χ0) is 52.9. The predicted molar refractivity (Wildman–Crippen MR) is 316 cm³/mol. The summed E-state index contributed by atoms with van der Waals surface area (Å²) in [6, 6.07) is 0. The third-order valence-electron chi connectivity index (χ3n) is 13.4. The number of unbranched alkanes of at least 4 members (excludes halogenated alkanes) is 31. The van der Waals surface area contributed by atoms with E-state index in [1.165, 1.54) is 167 Å². The Hall–Kier alpha value is -3.41. The van der Waals surface area contributed by atoms with E-state index in [-0.39, 0.29) is 31.1 Å². The van der Waals surface area contributed by atoms with Crippen LogP contribution in [-0.4, -0.2) is 37.2 Å². The van der Waals surface area contributed by atoms with Crippen molar-refractivity contribution in [1.29, 1.82) is 0 Å². The topological polar surface area (TPSA) is 78.9 Å². The molecule has 0 rings (SSSR count). The van der Waals surface area contributed by atoms with Crippen LogP contribution in [0.1, 0.15) is 303 Å². The molecule has 420 valence electrons. The van der Waals surface area contributed by atoms with E-state index >= 15 is 0 Å². The summed E-state index contributed by atoms with van der Waals surface area (Å²) in [5, 5.41) is 0. The van der Waals surface area contributed by atoms with Crippen LogP contribution >= 0.6 is 0 Å². The highest BCUT2D eigenvalue weighted by Gasteiger charge is 2.19. The van der Waals surface area contributed by atoms with E-state index in [0.29, 0.717) is 19.3 Å². The summed E-state index contributed by atoms with van der Waals surface area (Å²) in [6.07, 6.45) is 80.0. The van der Waals surface area contributed by atoms with Crippen molar-refractivity contribution in [1.82, 2.24) is 0 Å². The smallest absolute Gasteiger partial charge is 0.306 e. The number of hydrogen-bond acceptors (Lipinski definition) is 6. The van der Waals surface area contributed by atoms with Crippen molar-refractivity contribution in [3.63, 3.8) is 0 Å². The van der Waals surface area contributed by atoms with E-state index in [1.807, 2.05) is 0 Å². The van der Waals surface area contributed by atoms with Crippen LogP contribution in [-0.2, 0) is 28.6 Å². The molecule has 0 bridgehead atoms. The second-order valence-corrected chi connectivity index (χ2v) is 20.5. The zero-order valence-electron chi connectivity index (χ0n) is 48.1. The van der Waals surface area contributed by atoms with Crippen LogP contribution in [0.4, 0.5) is 0 Å². The average Bonchev–Trinajstić information content (AvgIpc) is 3.39. The molecule has 0 aliphatic heterocycles. The summed E-state index contributed by atoms with van der Waals surface area (Å²) in [7, 11) is 0. The Bertz CT molecular complexity index is 1400. The molecule has 1 atom stereocenters. The van der Waals surface area contributed by atoms with E-state index in [0.717, 1.165) is 96.3 Å². The Kier molecular flexibility index (Phi) is 58.3. The summed E-state index contributed by atoms with van der Waals surface area (Å²) >= 11 is 0. The molecule has 0 aromatic carbocycles. The van der Waals surface area contributed by atoms with Gasteiger partial charge in [0, 0.05) is 19.3 Å². The standard InChI is InChI=1S/C67H116O6/c1-4-7-10-13-16-19-22-25-28-31-33-36-39-42-45-48-51-54-57-60-66(69)72-63-64(62-71-65(68)59-56-53-50-47-44-41-38-35-30-27-24-21-18-15-12-9-6-3)73-67(70)61-58-55-52-49-46-43-40-37-34-32-29-26-23-20-17-14-11-8-5-2/h7-8,10-11,16-17,19-20,25-30,64H,4-6,9,12-15,18,21-24,31-63H2,1-3H3/b10-7-,11-8-,19-16-,20-17-,28-25-,29-26-,30-27-. The van der Waals surface area contributed by atoms with Crippen molar-refractivity contribution in [3.05, 3.63) is 85.1 Å². The van der Waals surface area contributed by atoms with Gasteiger partial charge in [-0.15, -0.1) is 0 Å². The molecule has 1 unspecified atom stereocenters. The monoisotopic (exact) mass is 1020 g/mol. The lowest BCUT2D eigenvalue weighted by molar-refractivity contribution is -0.167. The molecule has 0 aromatic rings. The van der Waals surface area contributed by atoms with Crippen LogP contribution < -0.4 is 0 Å². The first-order valence-corrected chi connectivity index (χ1v) is 31.1. The van der Waals surface area contributed by atoms with Gasteiger partial charge < -0.3 is 14.2 Å². The molecule has 0 aliphatic carbocycles. The number of allylic oxidation sites excluding steroid dienone is 14. The Balaban J connectivity index is 4.39. The van der Waals surface area contributed by atoms with Crippen molar-refractivity contribution in [2.45, 2.75) is 309 Å². The fourth-order valence-corrected chi connectivity index (χ4v) is 8.76. The minimum atomic E-state index is -0.785. The van der Waals surface area contributed by atoms with Crippen molar-refractivity contribution in [3.8, 4) is 0 Å². The second kappa shape index (κ2) is 61.1. The van der Waals surface area contributed by atoms with Crippen LogP contribution in [0.2, 0.25) is 0 Å². The number of ether oxygens (including phenoxy) is 3. The van der Waals surface area contributed by atoms with Crippen LogP contribution in [0.5, 0.6) is 0 Å². The maximum Gasteiger partial charge on any atom is 0.306 e. The van der Waals surface area contributed by atoms with Gasteiger partial charge in [0.2, 0.25) is 0 Å². The number of hydrogen-bond donors (Lipinski definition) is 0. The van der Waals surface area contributed by atoms with Crippen molar-refractivity contribution in [2.24, 2.45) is 0 Å². The molecule has 0 amide bonds. The molecule has 0 aromatic heterocycles. The molecule has 0 radical (unpaired) electrons. The largest absolute Gasteiger partial charge is 0.462 e. The number of carbonyl (C=O) groups is 3. The third-order valence-corrected chi connectivity index (χ3v) is 13.4. The fraction of sp³-hybridized carbons (Fsp3) is 0.746. The minimum absolute atomic E-state index is 0.0815. The van der Waals surface area contributed by atoms with E-state index in [2.05, 4.69) is 106 Å². The van der Waals surface area contributed by atoms with Gasteiger partial charge in [-0.2, -0.15) is 0 Å².